The van der Waals surface area contributed by atoms with Gasteiger partial charge in [0.1, 0.15) is 0 Å². The molecule has 2 atom stereocenters. The third kappa shape index (κ3) is 3.04. The first-order chi connectivity index (χ1) is 9.55. The van der Waals surface area contributed by atoms with E-state index in [9.17, 15) is 0 Å². The van der Waals surface area contributed by atoms with E-state index in [1.807, 2.05) is 33.0 Å². The molecule has 2 rings (SSSR count). The Hall–Kier alpha value is -1.75. The van der Waals surface area contributed by atoms with Gasteiger partial charge in [0, 0.05) is 23.0 Å². The molecule has 5 heteroatoms. The number of aryl methyl sites for hydroxylation is 2. The zero-order valence-electron chi connectivity index (χ0n) is 12.8. The van der Waals surface area contributed by atoms with Gasteiger partial charge in [-0.1, -0.05) is 19.0 Å². The Morgan fingerprint density at radius 3 is 2.40 bits per heavy atom. The van der Waals surface area contributed by atoms with Crippen molar-refractivity contribution >= 4 is 0 Å². The maximum Gasteiger partial charge on any atom is 0.231 e. The van der Waals surface area contributed by atoms with Gasteiger partial charge < -0.3 is 9.84 Å². The van der Waals surface area contributed by atoms with Crippen LogP contribution in [0.15, 0.2) is 16.7 Å². The van der Waals surface area contributed by atoms with Crippen LogP contribution < -0.4 is 5.32 Å². The maximum absolute atomic E-state index is 5.42. The summed E-state index contributed by atoms with van der Waals surface area (Å²) in [6.07, 6.45) is 1.02. The molecule has 0 saturated heterocycles. The van der Waals surface area contributed by atoms with Crippen molar-refractivity contribution in [2.24, 2.45) is 0 Å². The van der Waals surface area contributed by atoms with E-state index in [4.69, 9.17) is 4.52 Å². The molecule has 0 amide bonds. The molecule has 2 heterocycles. The second-order valence-electron chi connectivity index (χ2n) is 5.19. The first kappa shape index (κ1) is 14.7. The second-order valence-corrected chi connectivity index (χ2v) is 5.19. The molecule has 0 radical (unpaired) electrons. The molecule has 20 heavy (non-hydrogen) atoms. The van der Waals surface area contributed by atoms with Gasteiger partial charge in [0.05, 0.1) is 5.92 Å². The summed E-state index contributed by atoms with van der Waals surface area (Å²) in [6.45, 7) is 8.18. The molecular weight excluding hydrogens is 252 g/mol. The second kappa shape index (κ2) is 6.13. The van der Waals surface area contributed by atoms with Gasteiger partial charge in [0.2, 0.25) is 11.7 Å². The summed E-state index contributed by atoms with van der Waals surface area (Å²) < 4.78 is 5.42. The average Bonchev–Trinajstić information content (AvgIpc) is 2.88. The predicted octanol–water partition coefficient (Wildman–Crippen LogP) is 2.85. The van der Waals surface area contributed by atoms with Crippen molar-refractivity contribution in [3.05, 3.63) is 29.4 Å². The van der Waals surface area contributed by atoms with Gasteiger partial charge in [0.15, 0.2) is 0 Å². The summed E-state index contributed by atoms with van der Waals surface area (Å²) in [6, 6.07) is 4.28. The number of hydrogen-bond acceptors (Lipinski definition) is 5. The molecule has 2 aromatic heterocycles. The molecule has 2 unspecified atom stereocenters. The Morgan fingerprint density at radius 2 is 1.85 bits per heavy atom. The van der Waals surface area contributed by atoms with E-state index in [2.05, 4.69) is 34.3 Å². The van der Waals surface area contributed by atoms with E-state index in [1.165, 1.54) is 0 Å². The monoisotopic (exact) mass is 274 g/mol. The number of rotatable bonds is 5. The topological polar surface area (TPSA) is 63.8 Å². The SMILES string of the molecule is CCC(NC)C(C)c1nc(-c2cc(C)nc(C)c2)no1. The molecule has 0 fully saturated rings. The minimum absolute atomic E-state index is 0.190. The van der Waals surface area contributed by atoms with Gasteiger partial charge in [-0.2, -0.15) is 4.98 Å². The number of nitrogens with zero attached hydrogens (tertiary/aromatic N) is 3. The van der Waals surface area contributed by atoms with Gasteiger partial charge in [-0.3, -0.25) is 4.98 Å². The normalized spacial score (nSPS) is 14.2. The van der Waals surface area contributed by atoms with Crippen LogP contribution in [0.25, 0.3) is 11.4 Å². The molecule has 0 aliphatic rings. The largest absolute Gasteiger partial charge is 0.339 e. The van der Waals surface area contributed by atoms with Crippen LogP contribution in [-0.2, 0) is 0 Å². The van der Waals surface area contributed by atoms with Crippen LogP contribution in [0.5, 0.6) is 0 Å². The molecule has 108 valence electrons. The fourth-order valence-electron chi connectivity index (χ4n) is 2.48. The lowest BCUT2D eigenvalue weighted by molar-refractivity contribution is 0.326. The lowest BCUT2D eigenvalue weighted by Gasteiger charge is -2.18. The van der Waals surface area contributed by atoms with Crippen LogP contribution >= 0.6 is 0 Å². The minimum atomic E-state index is 0.190. The van der Waals surface area contributed by atoms with Crippen LogP contribution in [0.1, 0.15) is 43.5 Å². The van der Waals surface area contributed by atoms with E-state index in [-0.39, 0.29) is 5.92 Å². The molecule has 0 aliphatic carbocycles. The number of nitrogens with one attached hydrogen (secondary N) is 1. The first-order valence-corrected chi connectivity index (χ1v) is 7.01. The van der Waals surface area contributed by atoms with E-state index in [0.29, 0.717) is 17.8 Å². The average molecular weight is 274 g/mol. The standard InChI is InChI=1S/C15H22N4O/c1-6-13(16-5)11(4)15-18-14(19-20-15)12-7-9(2)17-10(3)8-12/h7-8,11,13,16H,6H2,1-5H3. The third-order valence-electron chi connectivity index (χ3n) is 3.59. The highest BCUT2D eigenvalue weighted by molar-refractivity contribution is 5.55. The minimum Gasteiger partial charge on any atom is -0.339 e. The lowest BCUT2D eigenvalue weighted by Crippen LogP contribution is -2.30. The Bertz CT molecular complexity index is 555. The van der Waals surface area contributed by atoms with Gasteiger partial charge in [-0.05, 0) is 39.4 Å². The highest BCUT2D eigenvalue weighted by atomic mass is 16.5. The van der Waals surface area contributed by atoms with Crippen molar-refractivity contribution in [2.45, 2.75) is 46.1 Å². The molecule has 2 aromatic rings. The number of pyridine rings is 1. The van der Waals surface area contributed by atoms with Crippen molar-refractivity contribution in [2.75, 3.05) is 7.05 Å². The third-order valence-corrected chi connectivity index (χ3v) is 3.59. The quantitative estimate of drug-likeness (QED) is 0.908. The van der Waals surface area contributed by atoms with E-state index >= 15 is 0 Å². The molecule has 0 aliphatic heterocycles. The smallest absolute Gasteiger partial charge is 0.231 e. The molecule has 0 saturated carbocycles. The Labute approximate surface area is 119 Å². The van der Waals surface area contributed by atoms with E-state index in [1.54, 1.807) is 0 Å². The van der Waals surface area contributed by atoms with Crippen molar-refractivity contribution in [1.82, 2.24) is 20.4 Å². The first-order valence-electron chi connectivity index (χ1n) is 7.01. The Balaban J connectivity index is 2.28. The van der Waals surface area contributed by atoms with Crippen LogP contribution in [0.2, 0.25) is 0 Å². The van der Waals surface area contributed by atoms with E-state index in [0.717, 1.165) is 23.4 Å². The molecule has 5 nitrogen and oxygen atoms in total. The Morgan fingerprint density at radius 1 is 1.20 bits per heavy atom. The molecule has 0 aromatic carbocycles. The molecule has 1 N–H and O–H groups in total. The zero-order chi connectivity index (χ0) is 14.7. The van der Waals surface area contributed by atoms with Crippen LogP contribution in [0.4, 0.5) is 0 Å². The summed E-state index contributed by atoms with van der Waals surface area (Å²) in [5, 5.41) is 7.38. The van der Waals surface area contributed by atoms with Crippen molar-refractivity contribution < 1.29 is 4.52 Å². The fourth-order valence-corrected chi connectivity index (χ4v) is 2.48. The fraction of sp³-hybridized carbons (Fsp3) is 0.533. The number of aromatic nitrogens is 3. The zero-order valence-corrected chi connectivity index (χ0v) is 12.8. The number of likely N-dealkylation sites (N-methyl/N-ethyl adjacent to an activating group) is 1. The maximum atomic E-state index is 5.42. The predicted molar refractivity (Wildman–Crippen MR) is 78.6 cm³/mol. The van der Waals surface area contributed by atoms with Gasteiger partial charge in [0.25, 0.3) is 0 Å². The van der Waals surface area contributed by atoms with E-state index < -0.39 is 0 Å². The molecule has 0 spiro atoms. The lowest BCUT2D eigenvalue weighted by atomic mass is 10.00. The molecule has 0 bridgehead atoms. The van der Waals surface area contributed by atoms with Crippen molar-refractivity contribution in [3.8, 4) is 11.4 Å². The van der Waals surface area contributed by atoms with Gasteiger partial charge in [-0.15, -0.1) is 0 Å². The van der Waals surface area contributed by atoms with Gasteiger partial charge in [-0.25, -0.2) is 0 Å². The summed E-state index contributed by atoms with van der Waals surface area (Å²) in [5.41, 5.74) is 2.87. The summed E-state index contributed by atoms with van der Waals surface area (Å²) in [7, 11) is 1.96. The molecular formula is C15H22N4O. The van der Waals surface area contributed by atoms with Crippen LogP contribution in [-0.4, -0.2) is 28.2 Å². The highest BCUT2D eigenvalue weighted by Crippen LogP contribution is 2.23. The van der Waals surface area contributed by atoms with Crippen molar-refractivity contribution in [3.63, 3.8) is 0 Å². The van der Waals surface area contributed by atoms with Crippen LogP contribution in [0.3, 0.4) is 0 Å². The van der Waals surface area contributed by atoms with Crippen LogP contribution in [0, 0.1) is 13.8 Å². The van der Waals surface area contributed by atoms with Crippen molar-refractivity contribution in [1.29, 1.82) is 0 Å². The number of hydrogen-bond donors (Lipinski definition) is 1. The highest BCUT2D eigenvalue weighted by Gasteiger charge is 2.22. The summed E-state index contributed by atoms with van der Waals surface area (Å²) in [5.74, 6) is 1.50. The Kier molecular flexibility index (Phi) is 4.49. The van der Waals surface area contributed by atoms with Gasteiger partial charge >= 0.3 is 0 Å². The summed E-state index contributed by atoms with van der Waals surface area (Å²) in [4.78, 5) is 8.89. The summed E-state index contributed by atoms with van der Waals surface area (Å²) >= 11 is 0.